The summed E-state index contributed by atoms with van der Waals surface area (Å²) in [6.45, 7) is 1.30. The first kappa shape index (κ1) is 12.9. The largest absolute Gasteiger partial charge is 0.314 e. The van der Waals surface area contributed by atoms with Crippen LogP contribution in [0.15, 0.2) is 36.2 Å². The van der Waals surface area contributed by atoms with Crippen LogP contribution in [0.4, 0.5) is 0 Å². The highest BCUT2D eigenvalue weighted by molar-refractivity contribution is 5.32. The van der Waals surface area contributed by atoms with E-state index in [0.29, 0.717) is 0 Å². The molecule has 4 heteroatoms. The second-order valence-corrected chi connectivity index (χ2v) is 9.50. The first-order chi connectivity index (χ1) is 12.3. The van der Waals surface area contributed by atoms with Crippen LogP contribution in [-0.2, 0) is 18.8 Å². The van der Waals surface area contributed by atoms with E-state index in [4.69, 9.17) is 0 Å². The Labute approximate surface area is 148 Å². The van der Waals surface area contributed by atoms with Crippen LogP contribution in [0.1, 0.15) is 43.5 Å². The zero-order valence-electron chi connectivity index (χ0n) is 14.6. The van der Waals surface area contributed by atoms with Crippen molar-refractivity contribution in [2.45, 2.75) is 75.0 Å². The Kier molecular flexibility index (Phi) is 1.90. The molecule has 0 bridgehead atoms. The molecule has 0 N–H and O–H groups in total. The van der Waals surface area contributed by atoms with Crippen molar-refractivity contribution in [1.82, 2.24) is 14.4 Å². The molecule has 6 atom stereocenters. The summed E-state index contributed by atoms with van der Waals surface area (Å²) in [7, 11) is 0. The number of hydrogen-bond acceptors (Lipinski definition) is 2. The molecule has 7 aliphatic rings. The number of rotatable bonds is 0. The molecule has 4 fully saturated rings. The molecule has 8 heterocycles. The fourth-order valence-corrected chi connectivity index (χ4v) is 8.28. The van der Waals surface area contributed by atoms with Crippen LogP contribution < -0.4 is 0 Å². The minimum Gasteiger partial charge on any atom is -0.269 e. The molecule has 0 aliphatic carbocycles. The predicted molar refractivity (Wildman–Crippen MR) is 94.1 cm³/mol. The maximum Gasteiger partial charge on any atom is 0.314 e. The molecule has 4 nitrogen and oxygen atoms in total. The van der Waals surface area contributed by atoms with Gasteiger partial charge in [0.15, 0.2) is 0 Å². The highest BCUT2D eigenvalue weighted by atomic mass is 15.8. The minimum atomic E-state index is 0.0411. The zero-order valence-corrected chi connectivity index (χ0v) is 14.6. The summed E-state index contributed by atoms with van der Waals surface area (Å²) in [6.07, 6.45) is 16.8. The molecule has 128 valence electrons. The summed E-state index contributed by atoms with van der Waals surface area (Å²) >= 11 is 0. The van der Waals surface area contributed by atoms with Gasteiger partial charge in [-0.05, 0) is 43.9 Å². The van der Waals surface area contributed by atoms with Crippen molar-refractivity contribution in [2.24, 2.45) is 0 Å². The Balaban J connectivity index is 1.56. The normalized spacial score (nSPS) is 50.8. The Hall–Kier alpha value is -1.36. The van der Waals surface area contributed by atoms with Gasteiger partial charge in [0.25, 0.3) is 0 Å². The molecule has 8 rings (SSSR count). The van der Waals surface area contributed by atoms with E-state index in [1.165, 1.54) is 51.5 Å². The van der Waals surface area contributed by atoms with Crippen LogP contribution >= 0.6 is 0 Å². The van der Waals surface area contributed by atoms with Gasteiger partial charge in [-0.15, -0.1) is 0 Å². The van der Waals surface area contributed by atoms with E-state index < -0.39 is 0 Å². The lowest BCUT2D eigenvalue weighted by Gasteiger charge is -2.63. The SMILES string of the molecule is C1=C[N+]23CC4CCC5Cc6ccc7n6C2(N2C(CCC2C7)CC3=C1)N54. The van der Waals surface area contributed by atoms with Gasteiger partial charge >= 0.3 is 5.91 Å². The second-order valence-electron chi connectivity index (χ2n) is 9.50. The fourth-order valence-electron chi connectivity index (χ4n) is 8.28. The van der Waals surface area contributed by atoms with Crippen molar-refractivity contribution in [1.29, 1.82) is 0 Å². The van der Waals surface area contributed by atoms with E-state index in [0.717, 1.165) is 28.7 Å². The van der Waals surface area contributed by atoms with Crippen LogP contribution in [0.5, 0.6) is 0 Å². The molecular weight excluding hydrogens is 308 g/mol. The van der Waals surface area contributed by atoms with Crippen LogP contribution in [0.2, 0.25) is 0 Å². The van der Waals surface area contributed by atoms with Gasteiger partial charge in [0.2, 0.25) is 0 Å². The quantitative estimate of drug-likeness (QED) is 0.676. The smallest absolute Gasteiger partial charge is 0.269 e. The minimum absolute atomic E-state index is 0.0411. The fraction of sp³-hybridized carbons (Fsp3) is 0.619. The van der Waals surface area contributed by atoms with Gasteiger partial charge < -0.3 is 0 Å². The number of hydrogen-bond donors (Lipinski definition) is 0. The Morgan fingerprint density at radius 3 is 2.24 bits per heavy atom. The molecule has 6 unspecified atom stereocenters. The maximum absolute atomic E-state index is 3.04. The third-order valence-corrected chi connectivity index (χ3v) is 8.79. The third-order valence-electron chi connectivity index (χ3n) is 8.79. The van der Waals surface area contributed by atoms with E-state index in [9.17, 15) is 0 Å². The molecule has 7 aliphatic heterocycles. The lowest BCUT2D eigenvalue weighted by Crippen LogP contribution is -2.80. The van der Waals surface area contributed by atoms with Crippen LogP contribution in [0.25, 0.3) is 0 Å². The van der Waals surface area contributed by atoms with Crippen LogP contribution in [0, 0.1) is 0 Å². The summed E-state index contributed by atoms with van der Waals surface area (Å²) in [4.78, 5) is 6.06. The average Bonchev–Trinajstić information content (AvgIpc) is 3.38. The molecule has 1 aromatic rings. The average molecular weight is 333 g/mol. The molecular formula is C21H25N4+. The van der Waals surface area contributed by atoms with Crippen molar-refractivity contribution in [3.63, 3.8) is 0 Å². The summed E-state index contributed by atoms with van der Waals surface area (Å²) in [5.41, 5.74) is 4.92. The topological polar surface area (TPSA) is 11.4 Å². The van der Waals surface area contributed by atoms with Crippen molar-refractivity contribution in [2.75, 3.05) is 6.54 Å². The van der Waals surface area contributed by atoms with Crippen molar-refractivity contribution < 1.29 is 4.48 Å². The van der Waals surface area contributed by atoms with E-state index in [2.05, 4.69) is 44.9 Å². The van der Waals surface area contributed by atoms with Crippen molar-refractivity contribution >= 4 is 0 Å². The summed E-state index contributed by atoms with van der Waals surface area (Å²) in [5, 5.41) is 0. The van der Waals surface area contributed by atoms with Gasteiger partial charge in [0.05, 0.1) is 6.04 Å². The Morgan fingerprint density at radius 2 is 1.48 bits per heavy atom. The standard InChI is InChI=1S/C21H25N4/c1-2-20-12-18-6-5-16-10-14-3-4-15-11-17-7-8-19-13-25(20,9-1)21(22(14)15,23(16)18)24(17)19/h1-4,9,16-19H,5-8,10-13H2/q+1. The molecule has 0 radical (unpaired) electrons. The summed E-state index contributed by atoms with van der Waals surface area (Å²) in [6, 6.07) is 7.97. The number of aromatic nitrogens is 1. The molecule has 0 amide bonds. The van der Waals surface area contributed by atoms with Gasteiger partial charge in [-0.3, -0.25) is 4.57 Å². The van der Waals surface area contributed by atoms with Gasteiger partial charge in [0.1, 0.15) is 18.4 Å². The molecule has 2 spiro atoms. The van der Waals surface area contributed by atoms with E-state index in [1.54, 1.807) is 17.1 Å². The van der Waals surface area contributed by atoms with Crippen molar-refractivity contribution in [3.8, 4) is 0 Å². The lowest BCUT2D eigenvalue weighted by molar-refractivity contribution is -0.939. The molecule has 0 aromatic carbocycles. The summed E-state index contributed by atoms with van der Waals surface area (Å²) < 4.78 is 3.95. The number of quaternary nitrogens is 1. The first-order valence-corrected chi connectivity index (χ1v) is 10.4. The lowest BCUT2D eigenvalue weighted by atomic mass is 9.95. The predicted octanol–water partition coefficient (Wildman–Crippen LogP) is 2.48. The van der Waals surface area contributed by atoms with Crippen LogP contribution in [-0.4, -0.2) is 49.6 Å². The highest BCUT2D eigenvalue weighted by Gasteiger charge is 2.79. The molecule has 0 saturated carbocycles. The summed E-state index contributed by atoms with van der Waals surface area (Å²) in [5.74, 6) is 0.0411. The zero-order chi connectivity index (χ0) is 16.0. The van der Waals surface area contributed by atoms with Gasteiger partial charge in [0, 0.05) is 54.9 Å². The van der Waals surface area contributed by atoms with Crippen molar-refractivity contribution in [3.05, 3.63) is 47.6 Å². The van der Waals surface area contributed by atoms with E-state index in [1.807, 2.05) is 0 Å². The number of allylic oxidation sites excluding steroid dienone is 2. The second kappa shape index (κ2) is 3.68. The van der Waals surface area contributed by atoms with E-state index in [-0.39, 0.29) is 5.91 Å². The third kappa shape index (κ3) is 1.08. The van der Waals surface area contributed by atoms with Gasteiger partial charge in [-0.2, -0.15) is 0 Å². The highest BCUT2D eigenvalue weighted by Crippen LogP contribution is 2.64. The van der Waals surface area contributed by atoms with Gasteiger partial charge in [-0.25, -0.2) is 14.3 Å². The van der Waals surface area contributed by atoms with E-state index >= 15 is 0 Å². The Morgan fingerprint density at radius 1 is 0.840 bits per heavy atom. The molecule has 1 aromatic heterocycles. The monoisotopic (exact) mass is 333 g/mol. The molecule has 25 heavy (non-hydrogen) atoms. The number of nitrogens with zero attached hydrogens (tertiary/aromatic N) is 4. The maximum atomic E-state index is 3.04. The van der Waals surface area contributed by atoms with Gasteiger partial charge in [-0.1, -0.05) is 0 Å². The van der Waals surface area contributed by atoms with Crippen LogP contribution in [0.3, 0.4) is 0 Å². The Bertz CT molecular complexity index is 882. The first-order valence-electron chi connectivity index (χ1n) is 10.4. The molecule has 4 saturated heterocycles.